The summed E-state index contributed by atoms with van der Waals surface area (Å²) in [5.74, 6) is 1.45. The highest BCUT2D eigenvalue weighted by Crippen LogP contribution is 2.53. The van der Waals surface area contributed by atoms with Crippen LogP contribution in [0.4, 0.5) is 0 Å². The fraction of sp³-hybridized carbons (Fsp3) is 0.361. The lowest BCUT2D eigenvalue weighted by molar-refractivity contribution is -0.659. The van der Waals surface area contributed by atoms with Gasteiger partial charge in [0.1, 0.15) is 7.05 Å². The summed E-state index contributed by atoms with van der Waals surface area (Å²) in [7, 11) is 2.24. The highest BCUT2D eigenvalue weighted by Gasteiger charge is 2.32. The van der Waals surface area contributed by atoms with E-state index in [0.717, 1.165) is 12.3 Å². The normalized spacial score (nSPS) is 15.3. The zero-order valence-electron chi connectivity index (χ0n) is 23.4. The van der Waals surface area contributed by atoms with Crippen LogP contribution in [0.25, 0.3) is 43.6 Å². The van der Waals surface area contributed by atoms with Gasteiger partial charge >= 0.3 is 0 Å². The number of hydrogen-bond acceptors (Lipinski definition) is 1. The fourth-order valence-electron chi connectivity index (χ4n) is 7.36. The molecule has 2 heteroatoms. The molecule has 1 fully saturated rings. The molecule has 0 N–H and O–H groups in total. The molecule has 38 heavy (non-hydrogen) atoms. The highest BCUT2D eigenvalue weighted by molar-refractivity contribution is 8.00. The van der Waals surface area contributed by atoms with Crippen molar-refractivity contribution < 1.29 is 4.57 Å². The largest absolute Gasteiger partial charge is 0.222 e. The molecule has 4 aromatic carbocycles. The second-order valence-corrected chi connectivity index (χ2v) is 13.4. The van der Waals surface area contributed by atoms with Crippen molar-refractivity contribution in [1.29, 1.82) is 0 Å². The molecule has 0 bridgehead atoms. The zero-order chi connectivity index (χ0) is 26.1. The van der Waals surface area contributed by atoms with Crippen LogP contribution in [0, 0.1) is 25.7 Å². The van der Waals surface area contributed by atoms with E-state index in [9.17, 15) is 0 Å². The minimum atomic E-state index is 0.604. The average Bonchev–Trinajstić information content (AvgIpc) is 3.41. The Morgan fingerprint density at radius 3 is 2.50 bits per heavy atom. The maximum atomic E-state index is 2.55. The molecule has 1 aliphatic heterocycles. The molecule has 1 aliphatic carbocycles. The van der Waals surface area contributed by atoms with Crippen LogP contribution in [0.3, 0.4) is 0 Å². The van der Waals surface area contributed by atoms with Crippen molar-refractivity contribution in [3.63, 3.8) is 0 Å². The van der Waals surface area contributed by atoms with E-state index in [0.29, 0.717) is 5.92 Å². The van der Waals surface area contributed by atoms with E-state index in [1.807, 2.05) is 11.8 Å². The van der Waals surface area contributed by atoms with Crippen molar-refractivity contribution in [1.82, 2.24) is 0 Å². The molecule has 192 valence electrons. The average molecular weight is 517 g/mol. The molecule has 0 radical (unpaired) electrons. The number of aryl methyl sites for hydroxylation is 3. The summed E-state index contributed by atoms with van der Waals surface area (Å²) >= 11 is 2.04. The van der Waals surface area contributed by atoms with Gasteiger partial charge in [0, 0.05) is 21.2 Å². The van der Waals surface area contributed by atoms with Gasteiger partial charge in [-0.15, -0.1) is 0 Å². The van der Waals surface area contributed by atoms with Crippen LogP contribution < -0.4 is 4.57 Å². The molecule has 5 aromatic rings. The van der Waals surface area contributed by atoms with Gasteiger partial charge in [-0.25, -0.2) is 4.57 Å². The minimum absolute atomic E-state index is 0.604. The summed E-state index contributed by atoms with van der Waals surface area (Å²) in [5, 5.41) is 8.59. The summed E-state index contributed by atoms with van der Waals surface area (Å²) in [6, 6.07) is 19.1. The Morgan fingerprint density at radius 1 is 0.895 bits per heavy atom. The molecule has 0 unspecified atom stereocenters. The number of hydrogen-bond donors (Lipinski definition) is 0. The number of benzene rings is 4. The lowest BCUT2D eigenvalue weighted by Crippen LogP contribution is -2.32. The summed E-state index contributed by atoms with van der Waals surface area (Å²) in [6.45, 7) is 9.29. The first-order valence-electron chi connectivity index (χ1n) is 14.5. The third kappa shape index (κ3) is 3.71. The molecular weight excluding hydrogens is 478 g/mol. The van der Waals surface area contributed by atoms with E-state index >= 15 is 0 Å². The van der Waals surface area contributed by atoms with Gasteiger partial charge in [0.05, 0.1) is 10.9 Å². The second-order valence-electron chi connectivity index (χ2n) is 12.4. The van der Waals surface area contributed by atoms with Crippen LogP contribution in [0.2, 0.25) is 0 Å². The Bertz CT molecular complexity index is 1750. The lowest BCUT2D eigenvalue weighted by Gasteiger charge is -2.26. The zero-order valence-corrected chi connectivity index (χ0v) is 24.3. The Hall–Kier alpha value is -2.84. The van der Waals surface area contributed by atoms with Crippen molar-refractivity contribution in [3.8, 4) is 11.3 Å². The Labute approximate surface area is 231 Å². The third-order valence-corrected chi connectivity index (χ3v) is 10.4. The van der Waals surface area contributed by atoms with Gasteiger partial charge in [-0.05, 0) is 82.8 Å². The number of rotatable bonds is 4. The molecule has 0 spiro atoms. The standard InChI is InChI=1S/C36H38NS/c1-21(2)17-31-27-14-13-22(3)18-29(27)23(4)33-35-34-28(15-16-37(35)5)26-12-8-11-25(19-24-9-6-7-10-24)30(26)20-32(34)38-36(31)33/h8,11-16,18,20-21,24H,6-7,9-10,17,19H2,1-5H3/q+1. The molecule has 1 saturated carbocycles. The van der Waals surface area contributed by atoms with Gasteiger partial charge in [-0.1, -0.05) is 93.3 Å². The number of fused-ring (bicyclic) bond motifs is 5. The van der Waals surface area contributed by atoms with Crippen LogP contribution in [-0.2, 0) is 19.9 Å². The third-order valence-electron chi connectivity index (χ3n) is 9.16. The lowest BCUT2D eigenvalue weighted by atomic mass is 9.86. The van der Waals surface area contributed by atoms with Crippen LogP contribution in [0.1, 0.15) is 61.8 Å². The van der Waals surface area contributed by atoms with Gasteiger partial charge in [0.25, 0.3) is 0 Å². The van der Waals surface area contributed by atoms with Crippen molar-refractivity contribution in [2.75, 3.05) is 0 Å². The SMILES string of the molecule is Cc1ccc2c(CC(C)C)c3c(c(C)c2c1)-c1c2c(cc4c(CC5CCCC5)cccc4c2cc[n+]1C)S3. The number of nitrogens with zero attached hydrogens (tertiary/aromatic N) is 1. The van der Waals surface area contributed by atoms with E-state index < -0.39 is 0 Å². The van der Waals surface area contributed by atoms with E-state index in [1.54, 1.807) is 5.56 Å². The first-order valence-corrected chi connectivity index (χ1v) is 15.3. The van der Waals surface area contributed by atoms with Crippen molar-refractivity contribution in [2.24, 2.45) is 18.9 Å². The van der Waals surface area contributed by atoms with Gasteiger partial charge in [0.2, 0.25) is 5.69 Å². The fourth-order valence-corrected chi connectivity index (χ4v) is 8.73. The molecule has 1 nitrogen and oxygen atoms in total. The summed E-state index contributed by atoms with van der Waals surface area (Å²) in [4.78, 5) is 2.91. The van der Waals surface area contributed by atoms with Gasteiger partial charge in [-0.2, -0.15) is 0 Å². The van der Waals surface area contributed by atoms with Gasteiger partial charge < -0.3 is 0 Å². The topological polar surface area (TPSA) is 3.88 Å². The molecule has 0 amide bonds. The molecule has 7 rings (SSSR count). The smallest absolute Gasteiger partial charge is 0.200 e. The summed E-state index contributed by atoms with van der Waals surface area (Å²) in [5.41, 5.74) is 8.67. The number of pyridine rings is 1. The minimum Gasteiger partial charge on any atom is -0.200 e. The summed E-state index contributed by atoms with van der Waals surface area (Å²) < 4.78 is 2.38. The van der Waals surface area contributed by atoms with E-state index in [1.165, 1.54) is 102 Å². The van der Waals surface area contributed by atoms with E-state index in [4.69, 9.17) is 0 Å². The van der Waals surface area contributed by atoms with E-state index in [-0.39, 0.29) is 0 Å². The molecule has 1 aromatic heterocycles. The molecule has 0 atom stereocenters. The maximum absolute atomic E-state index is 2.55. The van der Waals surface area contributed by atoms with Crippen LogP contribution >= 0.6 is 11.8 Å². The predicted octanol–water partition coefficient (Wildman–Crippen LogP) is 9.65. The van der Waals surface area contributed by atoms with Crippen molar-refractivity contribution >= 4 is 44.1 Å². The van der Waals surface area contributed by atoms with Crippen molar-refractivity contribution in [3.05, 3.63) is 77.0 Å². The monoisotopic (exact) mass is 516 g/mol. The number of aromatic nitrogens is 1. The van der Waals surface area contributed by atoms with Gasteiger partial charge in [0.15, 0.2) is 6.20 Å². The van der Waals surface area contributed by atoms with Crippen LogP contribution in [0.15, 0.2) is 64.5 Å². The Balaban J connectivity index is 1.57. The molecule has 2 aliphatic rings. The maximum Gasteiger partial charge on any atom is 0.222 e. The Kier molecular flexibility index (Phi) is 5.82. The molecular formula is C36H38NS+. The highest BCUT2D eigenvalue weighted by atomic mass is 32.2. The Morgan fingerprint density at radius 2 is 1.71 bits per heavy atom. The summed E-state index contributed by atoms with van der Waals surface area (Å²) in [6.07, 6.45) is 10.2. The predicted molar refractivity (Wildman–Crippen MR) is 163 cm³/mol. The van der Waals surface area contributed by atoms with Crippen molar-refractivity contribution in [2.45, 2.75) is 76.0 Å². The quantitative estimate of drug-likeness (QED) is 0.167. The van der Waals surface area contributed by atoms with Crippen LogP contribution in [0.5, 0.6) is 0 Å². The first-order chi connectivity index (χ1) is 18.4. The van der Waals surface area contributed by atoms with Gasteiger partial charge in [-0.3, -0.25) is 0 Å². The second kappa shape index (κ2) is 9.12. The van der Waals surface area contributed by atoms with E-state index in [2.05, 4.69) is 94.0 Å². The molecule has 0 saturated heterocycles. The first kappa shape index (κ1) is 24.2. The molecule has 2 heterocycles. The van der Waals surface area contributed by atoms with Crippen LogP contribution in [-0.4, -0.2) is 0 Å².